The number of aromatic nitrogens is 1. The van der Waals surface area contributed by atoms with Gasteiger partial charge in [-0.2, -0.15) is 0 Å². The summed E-state index contributed by atoms with van der Waals surface area (Å²) in [5.74, 6) is 0.199. The fourth-order valence-electron chi connectivity index (χ4n) is 1.47. The predicted molar refractivity (Wildman–Crippen MR) is 69.9 cm³/mol. The fraction of sp³-hybridized carbons (Fsp3) is 0.0833. The van der Waals surface area contributed by atoms with Crippen LogP contribution in [0.1, 0.15) is 0 Å². The van der Waals surface area contributed by atoms with Crippen LogP contribution in [0.4, 0.5) is 21.6 Å². The van der Waals surface area contributed by atoms with Crippen LogP contribution < -0.4 is 15.8 Å². The lowest BCUT2D eigenvalue weighted by Gasteiger charge is -2.09. The topological polar surface area (TPSA) is 60.2 Å². The van der Waals surface area contributed by atoms with Crippen molar-refractivity contribution < 1.29 is 9.13 Å². The number of ether oxygens (including phenoxy) is 1. The maximum atomic E-state index is 13.2. The van der Waals surface area contributed by atoms with E-state index in [2.05, 4.69) is 10.3 Å². The Morgan fingerprint density at radius 3 is 2.78 bits per heavy atom. The Balaban J connectivity index is 2.28. The Kier molecular flexibility index (Phi) is 3.53. The zero-order valence-corrected chi connectivity index (χ0v) is 10.3. The maximum absolute atomic E-state index is 13.2. The smallest absolute Gasteiger partial charge is 0.165 e. The van der Waals surface area contributed by atoms with Crippen molar-refractivity contribution in [3.8, 4) is 5.75 Å². The lowest BCUT2D eigenvalue weighted by molar-refractivity contribution is 0.387. The molecule has 0 aliphatic heterocycles. The number of hydrogen-bond donors (Lipinski definition) is 2. The molecule has 2 rings (SSSR count). The number of nitrogens with two attached hydrogens (primary N) is 1. The zero-order valence-electron chi connectivity index (χ0n) is 9.58. The summed E-state index contributed by atoms with van der Waals surface area (Å²) in [6, 6.07) is 7.56. The Morgan fingerprint density at radius 1 is 1.33 bits per heavy atom. The Labute approximate surface area is 109 Å². The summed E-state index contributed by atoms with van der Waals surface area (Å²) in [5.41, 5.74) is 6.76. The highest BCUT2D eigenvalue weighted by molar-refractivity contribution is 6.29. The molecule has 0 amide bonds. The average Bonchev–Trinajstić information content (AvgIpc) is 2.30. The van der Waals surface area contributed by atoms with E-state index in [1.807, 2.05) is 0 Å². The number of hydrogen-bond acceptors (Lipinski definition) is 4. The van der Waals surface area contributed by atoms with Crippen LogP contribution in [-0.2, 0) is 0 Å². The van der Waals surface area contributed by atoms with Gasteiger partial charge in [0.15, 0.2) is 11.6 Å². The van der Waals surface area contributed by atoms with E-state index in [0.717, 1.165) is 0 Å². The van der Waals surface area contributed by atoms with Crippen molar-refractivity contribution in [2.24, 2.45) is 0 Å². The summed E-state index contributed by atoms with van der Waals surface area (Å²) < 4.78 is 18.1. The monoisotopic (exact) mass is 267 g/mol. The number of nitrogens with zero attached hydrogens (tertiary/aromatic N) is 1. The first-order valence-electron chi connectivity index (χ1n) is 5.12. The van der Waals surface area contributed by atoms with Crippen molar-refractivity contribution in [2.75, 3.05) is 18.2 Å². The number of halogens is 2. The quantitative estimate of drug-likeness (QED) is 0.839. The molecule has 3 N–H and O–H groups in total. The van der Waals surface area contributed by atoms with Gasteiger partial charge in [-0.1, -0.05) is 11.6 Å². The summed E-state index contributed by atoms with van der Waals surface area (Å²) in [4.78, 5) is 4.05. The first kappa shape index (κ1) is 12.4. The number of benzene rings is 1. The standard InChI is InChI=1S/C12H11ClFN3O/c1-18-10-6-8(2-3-9(10)14)16-12-5-7(15)4-11(13)17-12/h2-6H,1H3,(H3,15,16,17). The number of anilines is 3. The van der Waals surface area contributed by atoms with Crippen molar-refractivity contribution in [2.45, 2.75) is 0 Å². The Bertz CT molecular complexity index is 557. The SMILES string of the molecule is COc1cc(Nc2cc(N)cc(Cl)n2)ccc1F. The average molecular weight is 268 g/mol. The number of nitrogens with one attached hydrogen (secondary N) is 1. The summed E-state index contributed by atoms with van der Waals surface area (Å²) in [6.45, 7) is 0. The van der Waals surface area contributed by atoms with Gasteiger partial charge >= 0.3 is 0 Å². The Hall–Kier alpha value is -2.01. The van der Waals surface area contributed by atoms with Crippen molar-refractivity contribution in [1.82, 2.24) is 4.98 Å². The third kappa shape index (κ3) is 2.81. The van der Waals surface area contributed by atoms with E-state index in [1.54, 1.807) is 12.1 Å². The van der Waals surface area contributed by atoms with Crippen LogP contribution in [0.15, 0.2) is 30.3 Å². The highest BCUT2D eigenvalue weighted by Gasteiger charge is 2.05. The normalized spacial score (nSPS) is 10.2. The molecule has 18 heavy (non-hydrogen) atoms. The summed E-state index contributed by atoms with van der Waals surface area (Å²) >= 11 is 5.78. The molecule has 0 bridgehead atoms. The van der Waals surface area contributed by atoms with Gasteiger partial charge in [-0.25, -0.2) is 9.37 Å². The molecule has 0 spiro atoms. The van der Waals surface area contributed by atoms with E-state index in [-0.39, 0.29) is 10.9 Å². The molecule has 0 radical (unpaired) electrons. The summed E-state index contributed by atoms with van der Waals surface area (Å²) in [5, 5.41) is 3.25. The van der Waals surface area contributed by atoms with Gasteiger partial charge in [0, 0.05) is 23.5 Å². The summed E-state index contributed by atoms with van der Waals surface area (Å²) in [7, 11) is 1.40. The third-order valence-electron chi connectivity index (χ3n) is 2.24. The molecule has 4 nitrogen and oxygen atoms in total. The second kappa shape index (κ2) is 5.10. The van der Waals surface area contributed by atoms with Gasteiger partial charge in [-0.15, -0.1) is 0 Å². The summed E-state index contributed by atoms with van der Waals surface area (Å²) in [6.07, 6.45) is 0. The second-order valence-corrected chi connectivity index (χ2v) is 3.97. The molecule has 0 atom stereocenters. The molecule has 2 aromatic rings. The third-order valence-corrected chi connectivity index (χ3v) is 2.43. The van der Waals surface area contributed by atoms with Crippen LogP contribution in [0.2, 0.25) is 5.15 Å². The van der Waals surface area contributed by atoms with Crippen molar-refractivity contribution >= 4 is 28.8 Å². The van der Waals surface area contributed by atoms with Gasteiger partial charge in [0.05, 0.1) is 7.11 Å². The van der Waals surface area contributed by atoms with Crippen LogP contribution in [0, 0.1) is 5.82 Å². The molecule has 0 aliphatic carbocycles. The van der Waals surface area contributed by atoms with Crippen LogP contribution in [0.5, 0.6) is 5.75 Å². The molecule has 1 aromatic carbocycles. The minimum absolute atomic E-state index is 0.148. The number of nitrogen functional groups attached to an aromatic ring is 1. The van der Waals surface area contributed by atoms with Gasteiger partial charge in [-0.05, 0) is 18.2 Å². The molecule has 6 heteroatoms. The maximum Gasteiger partial charge on any atom is 0.165 e. The van der Waals surface area contributed by atoms with Crippen LogP contribution in [-0.4, -0.2) is 12.1 Å². The van der Waals surface area contributed by atoms with Crippen molar-refractivity contribution in [1.29, 1.82) is 0 Å². The van der Waals surface area contributed by atoms with E-state index < -0.39 is 5.82 Å². The largest absolute Gasteiger partial charge is 0.494 e. The van der Waals surface area contributed by atoms with E-state index in [0.29, 0.717) is 17.2 Å². The number of methoxy groups -OCH3 is 1. The first-order chi connectivity index (χ1) is 8.58. The highest BCUT2D eigenvalue weighted by atomic mass is 35.5. The first-order valence-corrected chi connectivity index (χ1v) is 5.50. The Morgan fingerprint density at radius 2 is 2.11 bits per heavy atom. The van der Waals surface area contributed by atoms with E-state index in [9.17, 15) is 4.39 Å². The molecular formula is C12H11ClFN3O. The molecular weight excluding hydrogens is 257 g/mol. The molecule has 0 saturated heterocycles. The van der Waals surface area contributed by atoms with Crippen LogP contribution >= 0.6 is 11.6 Å². The van der Waals surface area contributed by atoms with Crippen molar-refractivity contribution in [3.63, 3.8) is 0 Å². The molecule has 0 fully saturated rings. The minimum Gasteiger partial charge on any atom is -0.494 e. The van der Waals surface area contributed by atoms with E-state index in [1.165, 1.54) is 25.3 Å². The molecule has 1 heterocycles. The van der Waals surface area contributed by atoms with Gasteiger partial charge in [0.25, 0.3) is 0 Å². The van der Waals surface area contributed by atoms with Crippen LogP contribution in [0.3, 0.4) is 0 Å². The van der Waals surface area contributed by atoms with Gasteiger partial charge in [0.1, 0.15) is 11.0 Å². The van der Waals surface area contributed by atoms with Crippen molar-refractivity contribution in [3.05, 3.63) is 41.3 Å². The lowest BCUT2D eigenvalue weighted by atomic mass is 10.3. The molecule has 0 unspecified atom stereocenters. The second-order valence-electron chi connectivity index (χ2n) is 3.58. The van der Waals surface area contributed by atoms with Crippen LogP contribution in [0.25, 0.3) is 0 Å². The predicted octanol–water partition coefficient (Wildman–Crippen LogP) is 3.21. The number of rotatable bonds is 3. The zero-order chi connectivity index (χ0) is 13.1. The lowest BCUT2D eigenvalue weighted by Crippen LogP contribution is -1.97. The molecule has 1 aromatic heterocycles. The molecule has 94 valence electrons. The van der Waals surface area contributed by atoms with E-state index in [4.69, 9.17) is 22.1 Å². The molecule has 0 saturated carbocycles. The molecule has 0 aliphatic rings. The van der Waals surface area contributed by atoms with Gasteiger partial charge in [0.2, 0.25) is 0 Å². The number of pyridine rings is 1. The highest BCUT2D eigenvalue weighted by Crippen LogP contribution is 2.25. The van der Waals surface area contributed by atoms with E-state index >= 15 is 0 Å². The fourth-order valence-corrected chi connectivity index (χ4v) is 1.68. The van der Waals surface area contributed by atoms with Gasteiger partial charge < -0.3 is 15.8 Å². The van der Waals surface area contributed by atoms with Gasteiger partial charge in [-0.3, -0.25) is 0 Å². The minimum atomic E-state index is -0.429.